The third-order valence-corrected chi connectivity index (χ3v) is 12.3. The third kappa shape index (κ3) is 5.14. The van der Waals surface area contributed by atoms with E-state index in [0.717, 1.165) is 60.6 Å². The zero-order chi connectivity index (χ0) is 39.2. The maximum Gasteiger partial charge on any atom is 0.238 e. The van der Waals surface area contributed by atoms with E-state index in [-0.39, 0.29) is 5.41 Å². The van der Waals surface area contributed by atoms with Crippen molar-refractivity contribution in [3.63, 3.8) is 0 Å². The van der Waals surface area contributed by atoms with E-state index in [1.165, 1.54) is 38.8 Å². The molecule has 0 aliphatic heterocycles. The van der Waals surface area contributed by atoms with Crippen molar-refractivity contribution in [3.05, 3.63) is 193 Å². The van der Waals surface area contributed by atoms with E-state index in [1.807, 2.05) is 30.3 Å². The second-order valence-electron chi connectivity index (χ2n) is 16.0. The van der Waals surface area contributed by atoms with Crippen molar-refractivity contribution < 1.29 is 4.42 Å². The Kier molecular flexibility index (Phi) is 7.20. The molecule has 0 atom stereocenters. The molecule has 0 amide bonds. The minimum absolute atomic E-state index is 0.256. The molecular weight excluding hydrogens is 721 g/mol. The van der Waals surface area contributed by atoms with E-state index in [9.17, 15) is 0 Å². The van der Waals surface area contributed by atoms with Crippen LogP contribution in [0.4, 0.5) is 0 Å². The van der Waals surface area contributed by atoms with Crippen molar-refractivity contribution in [2.24, 2.45) is 0 Å². The highest BCUT2D eigenvalue weighted by molar-refractivity contribution is 6.13. The molecule has 3 heterocycles. The Morgan fingerprint density at radius 1 is 0.424 bits per heavy atom. The molecule has 0 N–H and O–H groups in total. The average Bonchev–Trinajstić information content (AvgIpc) is 3.91. The number of nitrogens with zero attached hydrogens (tertiary/aromatic N) is 4. The molecule has 12 rings (SSSR count). The molecule has 0 saturated carbocycles. The molecule has 5 nitrogen and oxygen atoms in total. The van der Waals surface area contributed by atoms with Crippen molar-refractivity contribution in [1.82, 2.24) is 19.5 Å². The van der Waals surface area contributed by atoms with Crippen molar-refractivity contribution >= 4 is 43.7 Å². The van der Waals surface area contributed by atoms with Gasteiger partial charge in [-0.1, -0.05) is 159 Å². The summed E-state index contributed by atoms with van der Waals surface area (Å²) >= 11 is 0. The van der Waals surface area contributed by atoms with Crippen LogP contribution in [0.25, 0.3) is 106 Å². The average molecular weight is 757 g/mol. The van der Waals surface area contributed by atoms with E-state index in [1.54, 1.807) is 0 Å². The quantitative estimate of drug-likeness (QED) is 0.175. The molecule has 278 valence electrons. The number of para-hydroxylation sites is 2. The van der Waals surface area contributed by atoms with E-state index in [0.29, 0.717) is 17.6 Å². The maximum atomic E-state index is 6.23. The van der Waals surface area contributed by atoms with Gasteiger partial charge in [0.25, 0.3) is 0 Å². The van der Waals surface area contributed by atoms with Crippen molar-refractivity contribution in [2.75, 3.05) is 0 Å². The summed E-state index contributed by atoms with van der Waals surface area (Å²) in [4.78, 5) is 16.1. The lowest BCUT2D eigenvalue weighted by atomic mass is 9.81. The molecule has 0 unspecified atom stereocenters. The summed E-state index contributed by atoms with van der Waals surface area (Å²) in [7, 11) is 0. The van der Waals surface area contributed by atoms with Gasteiger partial charge in [0.15, 0.2) is 11.6 Å². The van der Waals surface area contributed by atoms with Crippen LogP contribution in [0.3, 0.4) is 0 Å². The zero-order valence-electron chi connectivity index (χ0n) is 32.5. The molecule has 0 bridgehead atoms. The Morgan fingerprint density at radius 3 is 1.86 bits per heavy atom. The number of benzene rings is 8. The van der Waals surface area contributed by atoms with Crippen LogP contribution in [0.1, 0.15) is 25.0 Å². The summed E-state index contributed by atoms with van der Waals surface area (Å²) in [5.74, 6) is 1.77. The summed E-state index contributed by atoms with van der Waals surface area (Å²) in [6.45, 7) is 4.68. The Labute approximate surface area is 340 Å². The van der Waals surface area contributed by atoms with Gasteiger partial charge in [0, 0.05) is 38.1 Å². The van der Waals surface area contributed by atoms with Gasteiger partial charge in [0.2, 0.25) is 5.95 Å². The van der Waals surface area contributed by atoms with Gasteiger partial charge in [0.05, 0.1) is 11.0 Å². The van der Waals surface area contributed by atoms with Crippen LogP contribution in [0, 0.1) is 0 Å². The van der Waals surface area contributed by atoms with Gasteiger partial charge in [-0.2, -0.15) is 9.97 Å². The fraction of sp³-hybridized carbons (Fsp3) is 0.0556. The topological polar surface area (TPSA) is 56.7 Å². The summed E-state index contributed by atoms with van der Waals surface area (Å²) in [6, 6.07) is 64.2. The van der Waals surface area contributed by atoms with Gasteiger partial charge in [-0.15, -0.1) is 0 Å². The number of fused-ring (bicyclic) bond motifs is 10. The monoisotopic (exact) mass is 756 g/mol. The highest BCUT2D eigenvalue weighted by atomic mass is 16.3. The predicted octanol–water partition coefficient (Wildman–Crippen LogP) is 13.8. The van der Waals surface area contributed by atoms with Crippen LogP contribution in [-0.2, 0) is 5.41 Å². The van der Waals surface area contributed by atoms with Crippen molar-refractivity contribution in [1.29, 1.82) is 0 Å². The first-order valence-corrected chi connectivity index (χ1v) is 20.1. The highest BCUT2D eigenvalue weighted by Crippen LogP contribution is 2.53. The number of furan rings is 1. The summed E-state index contributed by atoms with van der Waals surface area (Å²) < 4.78 is 8.52. The normalized spacial score (nSPS) is 13.1. The lowest BCUT2D eigenvalue weighted by Crippen LogP contribution is -2.17. The van der Waals surface area contributed by atoms with E-state index >= 15 is 0 Å². The number of aromatic nitrogens is 4. The molecule has 11 aromatic rings. The second kappa shape index (κ2) is 12.7. The summed E-state index contributed by atoms with van der Waals surface area (Å²) in [5.41, 5.74) is 15.1. The van der Waals surface area contributed by atoms with Crippen LogP contribution in [0.5, 0.6) is 0 Å². The highest BCUT2D eigenvalue weighted by Gasteiger charge is 2.38. The lowest BCUT2D eigenvalue weighted by Gasteiger charge is -2.23. The van der Waals surface area contributed by atoms with Gasteiger partial charge in [-0.05, 0) is 80.9 Å². The summed E-state index contributed by atoms with van der Waals surface area (Å²) in [6.07, 6.45) is 0. The van der Waals surface area contributed by atoms with Crippen LogP contribution in [0.15, 0.2) is 186 Å². The third-order valence-electron chi connectivity index (χ3n) is 12.3. The molecule has 0 saturated heterocycles. The lowest BCUT2D eigenvalue weighted by molar-refractivity contribution is 0.663. The first-order valence-electron chi connectivity index (χ1n) is 20.1. The van der Waals surface area contributed by atoms with Gasteiger partial charge < -0.3 is 4.42 Å². The standard InChI is InChI=1S/C54H36N4O/c1-54(2)45-20-9-6-17-39(45)42-28-29-43-40-18-7-10-21-46(40)58(50(43)49(42)54)53-56-51(55-52(57-53)38-27-30-48-44(32-38)41-19-8-11-22-47(41)59-48)37-16-12-15-36(31-37)35-25-23-34(24-26-35)33-13-4-3-5-14-33/h3-32H,1-2H3. The first-order chi connectivity index (χ1) is 29.0. The molecule has 8 aromatic carbocycles. The molecule has 1 aliphatic carbocycles. The van der Waals surface area contributed by atoms with E-state index < -0.39 is 0 Å². The van der Waals surface area contributed by atoms with Crippen LogP contribution < -0.4 is 0 Å². The van der Waals surface area contributed by atoms with Crippen LogP contribution in [-0.4, -0.2) is 19.5 Å². The molecule has 1 aliphatic rings. The number of rotatable bonds is 5. The Bertz CT molecular complexity index is 3470. The molecule has 0 spiro atoms. The van der Waals surface area contributed by atoms with Crippen molar-refractivity contribution in [3.8, 4) is 62.1 Å². The van der Waals surface area contributed by atoms with Gasteiger partial charge in [0.1, 0.15) is 11.2 Å². The van der Waals surface area contributed by atoms with Crippen LogP contribution >= 0.6 is 0 Å². The molecule has 59 heavy (non-hydrogen) atoms. The number of hydrogen-bond donors (Lipinski definition) is 0. The van der Waals surface area contributed by atoms with Crippen LogP contribution in [0.2, 0.25) is 0 Å². The van der Waals surface area contributed by atoms with Crippen molar-refractivity contribution in [2.45, 2.75) is 19.3 Å². The molecule has 5 heteroatoms. The van der Waals surface area contributed by atoms with Gasteiger partial charge in [-0.25, -0.2) is 4.98 Å². The Hall–Kier alpha value is -7.63. The summed E-state index contributed by atoms with van der Waals surface area (Å²) in [5, 5.41) is 4.42. The minimum atomic E-state index is -0.256. The Balaban J connectivity index is 1.10. The fourth-order valence-corrected chi connectivity index (χ4v) is 9.43. The zero-order valence-corrected chi connectivity index (χ0v) is 32.5. The maximum absolute atomic E-state index is 6.23. The molecule has 0 fully saturated rings. The first kappa shape index (κ1) is 33.5. The number of hydrogen-bond acceptors (Lipinski definition) is 4. The molecule has 0 radical (unpaired) electrons. The predicted molar refractivity (Wildman–Crippen MR) is 241 cm³/mol. The fourth-order valence-electron chi connectivity index (χ4n) is 9.43. The molecular formula is C54H36N4O. The van der Waals surface area contributed by atoms with Gasteiger partial charge >= 0.3 is 0 Å². The van der Waals surface area contributed by atoms with E-state index in [4.69, 9.17) is 19.4 Å². The SMILES string of the molecule is CC1(C)c2ccccc2-c2ccc3c4ccccc4n(-c4nc(-c5cccc(-c6ccc(-c7ccccc7)cc6)c5)nc(-c5ccc6oc7ccccc7c6c5)n4)c3c21. The Morgan fingerprint density at radius 2 is 1.03 bits per heavy atom. The minimum Gasteiger partial charge on any atom is -0.456 e. The van der Waals surface area contributed by atoms with E-state index in [2.05, 4.69) is 170 Å². The second-order valence-corrected chi connectivity index (χ2v) is 16.0. The largest absolute Gasteiger partial charge is 0.456 e. The molecule has 3 aromatic heterocycles. The smallest absolute Gasteiger partial charge is 0.238 e. The van der Waals surface area contributed by atoms with Gasteiger partial charge in [-0.3, -0.25) is 4.57 Å².